The highest BCUT2D eigenvalue weighted by Crippen LogP contribution is 2.03. The number of aliphatic hydroxyl groups is 1. The lowest BCUT2D eigenvalue weighted by Crippen LogP contribution is -2.01. The molecule has 0 unspecified atom stereocenters. The van der Waals surface area contributed by atoms with Crippen molar-refractivity contribution in [2.45, 2.75) is 26.7 Å². The van der Waals surface area contributed by atoms with Crippen molar-refractivity contribution in [3.63, 3.8) is 0 Å². The van der Waals surface area contributed by atoms with Crippen molar-refractivity contribution in [1.29, 1.82) is 0 Å². The van der Waals surface area contributed by atoms with Gasteiger partial charge in [-0.3, -0.25) is 0 Å². The van der Waals surface area contributed by atoms with Crippen molar-refractivity contribution in [3.8, 4) is 0 Å². The molecule has 0 amide bonds. The molecule has 1 nitrogen and oxygen atoms in total. The molecule has 52 valence electrons. The summed E-state index contributed by atoms with van der Waals surface area (Å²) in [6.07, 6.45) is 2.21. The van der Waals surface area contributed by atoms with Gasteiger partial charge >= 0.3 is 0 Å². The molecule has 0 aromatic heterocycles. The van der Waals surface area contributed by atoms with Crippen LogP contribution in [0.2, 0.25) is 0 Å². The molecule has 1 N–H and O–H groups in total. The molecule has 2 heteroatoms. The summed E-state index contributed by atoms with van der Waals surface area (Å²) in [5, 5.41) is 8.53. The smallest absolute Gasteiger partial charge is 0.0459 e. The lowest BCUT2D eigenvalue weighted by Gasteiger charge is -2.04. The van der Waals surface area contributed by atoms with Gasteiger partial charge in [0.25, 0.3) is 0 Å². The van der Waals surface area contributed by atoms with Crippen LogP contribution < -0.4 is 0 Å². The van der Waals surface area contributed by atoms with E-state index >= 15 is 0 Å². The van der Waals surface area contributed by atoms with Gasteiger partial charge in [-0.25, -0.2) is 0 Å². The van der Waals surface area contributed by atoms with Gasteiger partial charge in [-0.1, -0.05) is 26.7 Å². The molecule has 0 saturated heterocycles. The van der Waals surface area contributed by atoms with Gasteiger partial charge in [0.2, 0.25) is 0 Å². The SMILES string of the molecule is CCC(CC)CO.Cl. The van der Waals surface area contributed by atoms with Crippen molar-refractivity contribution >= 4 is 12.4 Å². The Bertz CT molecular complexity index is 30.0. The first-order valence-electron chi connectivity index (χ1n) is 2.96. The minimum atomic E-state index is 0. The molecular weight excluding hydrogens is 124 g/mol. The third kappa shape index (κ3) is 4.41. The van der Waals surface area contributed by atoms with E-state index < -0.39 is 0 Å². The van der Waals surface area contributed by atoms with Crippen LogP contribution in [0.1, 0.15) is 26.7 Å². The largest absolute Gasteiger partial charge is 0.396 e. The van der Waals surface area contributed by atoms with E-state index in [-0.39, 0.29) is 12.4 Å². The van der Waals surface area contributed by atoms with E-state index in [0.717, 1.165) is 12.8 Å². The van der Waals surface area contributed by atoms with Crippen LogP contribution in [0.5, 0.6) is 0 Å². The maximum Gasteiger partial charge on any atom is 0.0459 e. The topological polar surface area (TPSA) is 20.2 Å². The second-order valence-electron chi connectivity index (χ2n) is 1.87. The quantitative estimate of drug-likeness (QED) is 0.631. The molecular formula is C6H15ClO. The first kappa shape index (κ1) is 11.1. The van der Waals surface area contributed by atoms with Crippen molar-refractivity contribution in [3.05, 3.63) is 0 Å². The average Bonchev–Trinajstić information content (AvgIpc) is 1.72. The zero-order chi connectivity index (χ0) is 5.70. The number of rotatable bonds is 3. The number of hydrogen-bond donors (Lipinski definition) is 1. The molecule has 0 aliphatic carbocycles. The Hall–Kier alpha value is 0.250. The Morgan fingerprint density at radius 2 is 1.62 bits per heavy atom. The van der Waals surface area contributed by atoms with Gasteiger partial charge in [0, 0.05) is 6.61 Å². The minimum absolute atomic E-state index is 0. The van der Waals surface area contributed by atoms with E-state index in [0.29, 0.717) is 12.5 Å². The predicted molar refractivity (Wildman–Crippen MR) is 38.4 cm³/mol. The third-order valence-corrected chi connectivity index (χ3v) is 1.41. The third-order valence-electron chi connectivity index (χ3n) is 1.41. The molecule has 0 atom stereocenters. The van der Waals surface area contributed by atoms with Crippen molar-refractivity contribution < 1.29 is 5.11 Å². The molecule has 0 aromatic carbocycles. The Labute approximate surface area is 57.5 Å². The summed E-state index contributed by atoms with van der Waals surface area (Å²) in [7, 11) is 0. The molecule has 0 aromatic rings. The number of hydrogen-bond acceptors (Lipinski definition) is 1. The summed E-state index contributed by atoms with van der Waals surface area (Å²) in [6.45, 7) is 4.56. The second kappa shape index (κ2) is 7.25. The summed E-state index contributed by atoms with van der Waals surface area (Å²) < 4.78 is 0. The maximum absolute atomic E-state index is 8.53. The molecule has 0 aliphatic rings. The number of aliphatic hydroxyl groups excluding tert-OH is 1. The highest BCUT2D eigenvalue weighted by Gasteiger charge is 1.97. The van der Waals surface area contributed by atoms with Gasteiger partial charge in [0.05, 0.1) is 0 Å². The zero-order valence-corrected chi connectivity index (χ0v) is 6.37. The summed E-state index contributed by atoms with van der Waals surface area (Å²) in [5.74, 6) is 0.542. The van der Waals surface area contributed by atoms with Gasteiger partial charge < -0.3 is 5.11 Å². The van der Waals surface area contributed by atoms with Gasteiger partial charge in [-0.2, -0.15) is 0 Å². The summed E-state index contributed by atoms with van der Waals surface area (Å²) in [4.78, 5) is 0. The molecule has 0 heterocycles. The van der Waals surface area contributed by atoms with E-state index in [4.69, 9.17) is 5.11 Å². The van der Waals surface area contributed by atoms with Crippen LogP contribution in [0.3, 0.4) is 0 Å². The predicted octanol–water partition coefficient (Wildman–Crippen LogP) is 1.84. The van der Waals surface area contributed by atoms with Crippen LogP contribution in [-0.2, 0) is 0 Å². The Morgan fingerprint density at radius 3 is 1.62 bits per heavy atom. The zero-order valence-electron chi connectivity index (χ0n) is 5.55. The van der Waals surface area contributed by atoms with Gasteiger partial charge in [-0.15, -0.1) is 12.4 Å². The molecule has 0 saturated carbocycles. The molecule has 0 bridgehead atoms. The molecule has 0 rings (SSSR count). The average molecular weight is 139 g/mol. The van der Waals surface area contributed by atoms with Crippen molar-refractivity contribution in [2.24, 2.45) is 5.92 Å². The van der Waals surface area contributed by atoms with Crippen molar-refractivity contribution in [1.82, 2.24) is 0 Å². The second-order valence-corrected chi connectivity index (χ2v) is 1.87. The summed E-state index contributed by atoms with van der Waals surface area (Å²) >= 11 is 0. The monoisotopic (exact) mass is 138 g/mol. The first-order valence-corrected chi connectivity index (χ1v) is 2.96. The number of halogens is 1. The van der Waals surface area contributed by atoms with Crippen LogP contribution >= 0.6 is 12.4 Å². The fraction of sp³-hybridized carbons (Fsp3) is 1.00. The van der Waals surface area contributed by atoms with Crippen LogP contribution in [-0.4, -0.2) is 11.7 Å². The van der Waals surface area contributed by atoms with Crippen LogP contribution in [0, 0.1) is 5.92 Å². The standard InChI is InChI=1S/C6H14O.ClH/c1-3-6(4-2)5-7;/h6-7H,3-5H2,1-2H3;1H. The van der Waals surface area contributed by atoms with Crippen LogP contribution in [0.4, 0.5) is 0 Å². The lowest BCUT2D eigenvalue weighted by atomic mass is 10.1. The van der Waals surface area contributed by atoms with E-state index in [9.17, 15) is 0 Å². The molecule has 0 radical (unpaired) electrons. The van der Waals surface area contributed by atoms with Gasteiger partial charge in [0.15, 0.2) is 0 Å². The first-order chi connectivity index (χ1) is 3.35. The minimum Gasteiger partial charge on any atom is -0.396 e. The molecule has 8 heavy (non-hydrogen) atoms. The summed E-state index contributed by atoms with van der Waals surface area (Å²) in [5.41, 5.74) is 0. The van der Waals surface area contributed by atoms with E-state index in [1.54, 1.807) is 0 Å². The summed E-state index contributed by atoms with van der Waals surface area (Å²) in [6, 6.07) is 0. The van der Waals surface area contributed by atoms with Gasteiger partial charge in [0.1, 0.15) is 0 Å². The van der Waals surface area contributed by atoms with E-state index in [1.165, 1.54) is 0 Å². The van der Waals surface area contributed by atoms with E-state index in [2.05, 4.69) is 13.8 Å². The lowest BCUT2D eigenvalue weighted by molar-refractivity contribution is 0.219. The van der Waals surface area contributed by atoms with Gasteiger partial charge in [-0.05, 0) is 5.92 Å². The molecule has 0 spiro atoms. The van der Waals surface area contributed by atoms with Crippen LogP contribution in [0.15, 0.2) is 0 Å². The molecule has 0 aliphatic heterocycles. The Morgan fingerprint density at radius 1 is 1.25 bits per heavy atom. The fourth-order valence-electron chi connectivity index (χ4n) is 0.547. The fourth-order valence-corrected chi connectivity index (χ4v) is 0.547. The van der Waals surface area contributed by atoms with Crippen LogP contribution in [0.25, 0.3) is 0 Å². The highest BCUT2D eigenvalue weighted by molar-refractivity contribution is 5.85. The normalized spacial score (nSPS) is 9.00. The Kier molecular flexibility index (Phi) is 10.1. The molecule has 0 fully saturated rings. The maximum atomic E-state index is 8.53. The Balaban J connectivity index is 0. The van der Waals surface area contributed by atoms with E-state index in [1.807, 2.05) is 0 Å². The highest BCUT2D eigenvalue weighted by atomic mass is 35.5. The van der Waals surface area contributed by atoms with Crippen molar-refractivity contribution in [2.75, 3.05) is 6.61 Å².